The highest BCUT2D eigenvalue weighted by molar-refractivity contribution is 6.28. The smallest absolute Gasteiger partial charge is 0.326 e. The Bertz CT molecular complexity index is 846. The lowest BCUT2D eigenvalue weighted by Gasteiger charge is -2.22. The molecule has 1 amide bonds. The van der Waals surface area contributed by atoms with Crippen LogP contribution in [0.25, 0.3) is 11.3 Å². The van der Waals surface area contributed by atoms with Crippen molar-refractivity contribution in [2.75, 3.05) is 6.54 Å². The third kappa shape index (κ3) is 3.96. The van der Waals surface area contributed by atoms with E-state index in [1.807, 2.05) is 12.1 Å². The first kappa shape index (κ1) is 17.4. The molecule has 0 aliphatic carbocycles. The van der Waals surface area contributed by atoms with Gasteiger partial charge in [0.05, 0.1) is 5.69 Å². The van der Waals surface area contributed by atoms with Crippen molar-refractivity contribution >= 4 is 23.5 Å². The summed E-state index contributed by atoms with van der Waals surface area (Å²) >= 11 is 5.83. The Morgan fingerprint density at radius 3 is 2.76 bits per heavy atom. The van der Waals surface area contributed by atoms with Gasteiger partial charge in [-0.3, -0.25) is 9.59 Å². The van der Waals surface area contributed by atoms with E-state index < -0.39 is 11.6 Å². The molecule has 3 rings (SSSR count). The molecule has 1 aromatic heterocycles. The highest BCUT2D eigenvalue weighted by atomic mass is 35.5. The van der Waals surface area contributed by atoms with Gasteiger partial charge in [-0.05, 0) is 50.1 Å². The highest BCUT2D eigenvalue weighted by Gasteiger charge is 2.30. The van der Waals surface area contributed by atoms with Crippen LogP contribution in [0.3, 0.4) is 0 Å². The van der Waals surface area contributed by atoms with E-state index >= 15 is 0 Å². The van der Waals surface area contributed by atoms with Gasteiger partial charge in [0.1, 0.15) is 12.1 Å². The first-order chi connectivity index (χ1) is 11.7. The summed E-state index contributed by atoms with van der Waals surface area (Å²) in [5.41, 5.74) is 2.27. The Balaban J connectivity index is 1.79. The Kier molecular flexibility index (Phi) is 4.47. The summed E-state index contributed by atoms with van der Waals surface area (Å²) in [7, 11) is 0. The van der Waals surface area contributed by atoms with Gasteiger partial charge in [-0.15, -0.1) is 0 Å². The van der Waals surface area contributed by atoms with E-state index in [4.69, 9.17) is 16.3 Å². The Morgan fingerprint density at radius 1 is 1.32 bits per heavy atom. The number of esters is 1. The Labute approximate surface area is 150 Å². The molecule has 0 bridgehead atoms. The third-order valence-corrected chi connectivity index (χ3v) is 3.83. The van der Waals surface area contributed by atoms with Crippen molar-refractivity contribution in [1.82, 2.24) is 14.9 Å². The maximum absolute atomic E-state index is 12.6. The van der Waals surface area contributed by atoms with Crippen LogP contribution in [0.4, 0.5) is 0 Å². The molecule has 2 aromatic rings. The number of rotatable bonds is 3. The quantitative estimate of drug-likeness (QED) is 0.622. The molecule has 7 heteroatoms. The van der Waals surface area contributed by atoms with Crippen molar-refractivity contribution in [3.8, 4) is 11.3 Å². The molecule has 130 valence electrons. The molecule has 0 fully saturated rings. The summed E-state index contributed by atoms with van der Waals surface area (Å²) in [5.74, 6) is -0.612. The molecular weight excluding hydrogens is 342 g/mol. The van der Waals surface area contributed by atoms with Crippen molar-refractivity contribution < 1.29 is 14.3 Å². The number of halogens is 1. The Morgan fingerprint density at radius 2 is 2.08 bits per heavy atom. The van der Waals surface area contributed by atoms with Crippen LogP contribution < -0.4 is 0 Å². The number of carbonyl (C=O) groups excluding carboxylic acids is 2. The summed E-state index contributed by atoms with van der Waals surface area (Å²) in [6.07, 6.45) is 1.56. The first-order valence-electron chi connectivity index (χ1n) is 7.86. The lowest BCUT2D eigenvalue weighted by Crippen LogP contribution is -2.35. The van der Waals surface area contributed by atoms with Gasteiger partial charge in [0.2, 0.25) is 5.28 Å². The molecule has 2 heterocycles. The van der Waals surface area contributed by atoms with Gasteiger partial charge in [-0.1, -0.05) is 12.1 Å². The fourth-order valence-electron chi connectivity index (χ4n) is 2.67. The minimum atomic E-state index is -0.577. The number of ether oxygens (including phenoxy) is 1. The zero-order valence-corrected chi connectivity index (χ0v) is 15.0. The van der Waals surface area contributed by atoms with Gasteiger partial charge in [0.15, 0.2) is 0 Å². The fourth-order valence-corrected chi connectivity index (χ4v) is 2.82. The van der Waals surface area contributed by atoms with E-state index in [-0.39, 0.29) is 17.7 Å². The monoisotopic (exact) mass is 359 g/mol. The molecule has 1 aliphatic rings. The lowest BCUT2D eigenvalue weighted by molar-refractivity contribution is -0.155. The van der Waals surface area contributed by atoms with E-state index in [1.54, 1.807) is 39.1 Å². The minimum absolute atomic E-state index is 0.0700. The molecule has 0 spiro atoms. The minimum Gasteiger partial charge on any atom is -0.459 e. The van der Waals surface area contributed by atoms with Gasteiger partial charge >= 0.3 is 5.97 Å². The number of carbonyl (C=O) groups is 2. The molecule has 25 heavy (non-hydrogen) atoms. The molecule has 0 atom stereocenters. The van der Waals surface area contributed by atoms with Crippen LogP contribution in [0.15, 0.2) is 30.5 Å². The maximum Gasteiger partial charge on any atom is 0.326 e. The van der Waals surface area contributed by atoms with Gasteiger partial charge < -0.3 is 9.64 Å². The summed E-state index contributed by atoms with van der Waals surface area (Å²) in [6, 6.07) is 7.24. The second kappa shape index (κ2) is 6.44. The van der Waals surface area contributed by atoms with Crippen LogP contribution in [0, 0.1) is 0 Å². The van der Waals surface area contributed by atoms with Crippen LogP contribution in [0.5, 0.6) is 0 Å². The van der Waals surface area contributed by atoms with Crippen LogP contribution in [0.1, 0.15) is 36.7 Å². The first-order valence-corrected chi connectivity index (χ1v) is 8.24. The van der Waals surface area contributed by atoms with Crippen molar-refractivity contribution in [2.45, 2.75) is 32.9 Å². The number of nitrogens with zero attached hydrogens (tertiary/aromatic N) is 3. The lowest BCUT2D eigenvalue weighted by atomic mass is 10.0. The summed E-state index contributed by atoms with van der Waals surface area (Å²) < 4.78 is 5.29. The predicted octanol–water partition coefficient (Wildman–Crippen LogP) is 3.09. The largest absolute Gasteiger partial charge is 0.459 e. The SMILES string of the molecule is CC(C)(C)OC(=O)CN1Cc2ccc(-c3ccnc(Cl)n3)cc2C1=O. The predicted molar refractivity (Wildman–Crippen MR) is 93.1 cm³/mol. The standard InChI is InChI=1S/C18H18ClN3O3/c1-18(2,3)25-15(23)10-22-9-12-5-4-11(8-13(12)16(22)24)14-6-7-20-17(19)21-14/h4-8H,9-10H2,1-3H3. The number of benzene rings is 1. The number of amides is 1. The normalized spacial score (nSPS) is 13.8. The molecule has 1 aliphatic heterocycles. The molecule has 0 saturated carbocycles. The van der Waals surface area contributed by atoms with Crippen molar-refractivity contribution in [2.24, 2.45) is 0 Å². The van der Waals surface area contributed by atoms with E-state index in [2.05, 4.69) is 9.97 Å². The second-order valence-corrected chi connectivity index (χ2v) is 7.17. The van der Waals surface area contributed by atoms with E-state index in [1.165, 1.54) is 4.90 Å². The number of hydrogen-bond donors (Lipinski definition) is 0. The van der Waals surface area contributed by atoms with Gasteiger partial charge in [-0.2, -0.15) is 0 Å². The van der Waals surface area contributed by atoms with Gasteiger partial charge in [0, 0.05) is 23.9 Å². The van der Waals surface area contributed by atoms with Crippen LogP contribution in [-0.4, -0.2) is 38.9 Å². The molecule has 0 N–H and O–H groups in total. The molecule has 6 nitrogen and oxygen atoms in total. The number of aromatic nitrogens is 2. The summed E-state index contributed by atoms with van der Waals surface area (Å²) in [5, 5.41) is 0.149. The second-order valence-electron chi connectivity index (χ2n) is 6.83. The van der Waals surface area contributed by atoms with Gasteiger partial charge in [-0.25, -0.2) is 9.97 Å². The molecule has 1 aromatic carbocycles. The van der Waals surface area contributed by atoms with Crippen LogP contribution >= 0.6 is 11.6 Å². The molecule has 0 saturated heterocycles. The van der Waals surface area contributed by atoms with Crippen molar-refractivity contribution in [3.05, 3.63) is 46.9 Å². The van der Waals surface area contributed by atoms with Gasteiger partial charge in [0.25, 0.3) is 5.91 Å². The van der Waals surface area contributed by atoms with E-state index in [0.29, 0.717) is 17.8 Å². The van der Waals surface area contributed by atoms with Crippen molar-refractivity contribution in [3.63, 3.8) is 0 Å². The molecular formula is C18H18ClN3O3. The molecule has 0 radical (unpaired) electrons. The Hall–Kier alpha value is -2.47. The van der Waals surface area contributed by atoms with Crippen LogP contribution in [-0.2, 0) is 16.1 Å². The number of fused-ring (bicyclic) bond motifs is 1. The summed E-state index contributed by atoms with van der Waals surface area (Å²) in [6.45, 7) is 5.71. The van der Waals surface area contributed by atoms with Crippen molar-refractivity contribution in [1.29, 1.82) is 0 Å². The van der Waals surface area contributed by atoms with E-state index in [0.717, 1.165) is 11.1 Å². The maximum atomic E-state index is 12.6. The summed E-state index contributed by atoms with van der Waals surface area (Å²) in [4.78, 5) is 34.1. The topological polar surface area (TPSA) is 72.4 Å². The molecule has 0 unspecified atom stereocenters. The highest BCUT2D eigenvalue weighted by Crippen LogP contribution is 2.28. The number of hydrogen-bond acceptors (Lipinski definition) is 5. The fraction of sp³-hybridized carbons (Fsp3) is 0.333. The van der Waals surface area contributed by atoms with Crippen LogP contribution in [0.2, 0.25) is 5.28 Å². The average Bonchev–Trinajstić information content (AvgIpc) is 2.81. The van der Waals surface area contributed by atoms with E-state index in [9.17, 15) is 9.59 Å². The zero-order chi connectivity index (χ0) is 18.2. The third-order valence-electron chi connectivity index (χ3n) is 3.65. The zero-order valence-electron chi connectivity index (χ0n) is 14.2. The average molecular weight is 360 g/mol.